The quantitative estimate of drug-likeness (QED) is 0.877. The lowest BCUT2D eigenvalue weighted by atomic mass is 10.1. The van der Waals surface area contributed by atoms with E-state index in [4.69, 9.17) is 11.6 Å². The van der Waals surface area contributed by atoms with E-state index in [0.29, 0.717) is 12.5 Å². The van der Waals surface area contributed by atoms with Gasteiger partial charge in [0.15, 0.2) is 0 Å². The summed E-state index contributed by atoms with van der Waals surface area (Å²) in [7, 11) is 0. The molecule has 0 saturated carbocycles. The highest BCUT2D eigenvalue weighted by Crippen LogP contribution is 2.10. The number of hydrogen-bond acceptors (Lipinski definition) is 2. The van der Waals surface area contributed by atoms with Gasteiger partial charge in [-0.05, 0) is 43.5 Å². The monoisotopic (exact) mass is 266 g/mol. The maximum atomic E-state index is 11.4. The third-order valence-electron chi connectivity index (χ3n) is 3.24. The van der Waals surface area contributed by atoms with Gasteiger partial charge in [-0.3, -0.25) is 4.79 Å². The van der Waals surface area contributed by atoms with Crippen LogP contribution in [0.1, 0.15) is 24.8 Å². The van der Waals surface area contributed by atoms with Crippen LogP contribution in [0.25, 0.3) is 0 Å². The van der Waals surface area contributed by atoms with Gasteiger partial charge in [-0.15, -0.1) is 0 Å². The van der Waals surface area contributed by atoms with E-state index in [9.17, 15) is 4.79 Å². The first-order chi connectivity index (χ1) is 8.74. The molecule has 1 amide bonds. The topological polar surface area (TPSA) is 41.1 Å². The SMILES string of the molecule is O=C1CC(NCCc2ccc(Cl)cc2)CCCN1. The summed E-state index contributed by atoms with van der Waals surface area (Å²) in [6.07, 6.45) is 3.69. The van der Waals surface area contributed by atoms with E-state index in [-0.39, 0.29) is 5.91 Å². The predicted octanol–water partition coefficient (Wildman–Crippen LogP) is 2.14. The molecule has 0 radical (unpaired) electrons. The van der Waals surface area contributed by atoms with Gasteiger partial charge in [0.2, 0.25) is 5.91 Å². The number of benzene rings is 1. The van der Waals surface area contributed by atoms with Crippen molar-refractivity contribution in [3.8, 4) is 0 Å². The first kappa shape index (κ1) is 13.4. The van der Waals surface area contributed by atoms with Crippen LogP contribution in [-0.4, -0.2) is 25.0 Å². The standard InChI is InChI=1S/C14H19ClN2O/c15-12-5-3-11(4-6-12)7-9-16-13-2-1-8-17-14(18)10-13/h3-6,13,16H,1-2,7-10H2,(H,17,18). The Morgan fingerprint density at radius 2 is 2.11 bits per heavy atom. The molecule has 0 spiro atoms. The van der Waals surface area contributed by atoms with E-state index >= 15 is 0 Å². The summed E-state index contributed by atoms with van der Waals surface area (Å²) in [5.74, 6) is 0.163. The van der Waals surface area contributed by atoms with Crippen molar-refractivity contribution in [2.45, 2.75) is 31.7 Å². The van der Waals surface area contributed by atoms with Gasteiger partial charge < -0.3 is 10.6 Å². The van der Waals surface area contributed by atoms with Gasteiger partial charge in [0, 0.05) is 24.0 Å². The Morgan fingerprint density at radius 3 is 2.89 bits per heavy atom. The molecule has 18 heavy (non-hydrogen) atoms. The van der Waals surface area contributed by atoms with Crippen molar-refractivity contribution in [1.82, 2.24) is 10.6 Å². The highest BCUT2D eigenvalue weighted by molar-refractivity contribution is 6.30. The minimum absolute atomic E-state index is 0.163. The maximum absolute atomic E-state index is 11.4. The summed E-state index contributed by atoms with van der Waals surface area (Å²) in [5, 5.41) is 7.13. The molecule has 1 fully saturated rings. The highest BCUT2D eigenvalue weighted by Gasteiger charge is 2.16. The molecular weight excluding hydrogens is 248 g/mol. The number of halogens is 1. The molecule has 1 aromatic rings. The lowest BCUT2D eigenvalue weighted by Crippen LogP contribution is -2.33. The largest absolute Gasteiger partial charge is 0.356 e. The van der Waals surface area contributed by atoms with E-state index in [1.165, 1.54) is 5.56 Å². The third-order valence-corrected chi connectivity index (χ3v) is 3.50. The van der Waals surface area contributed by atoms with Crippen molar-refractivity contribution in [1.29, 1.82) is 0 Å². The van der Waals surface area contributed by atoms with Crippen LogP contribution >= 0.6 is 11.6 Å². The van der Waals surface area contributed by atoms with Gasteiger partial charge in [-0.25, -0.2) is 0 Å². The molecule has 2 rings (SSSR count). The summed E-state index contributed by atoms with van der Waals surface area (Å²) in [6, 6.07) is 8.24. The Labute approximate surface area is 113 Å². The van der Waals surface area contributed by atoms with Crippen molar-refractivity contribution in [2.75, 3.05) is 13.1 Å². The van der Waals surface area contributed by atoms with Crippen LogP contribution in [-0.2, 0) is 11.2 Å². The normalized spacial score (nSPS) is 20.3. The number of carbonyl (C=O) groups excluding carboxylic acids is 1. The summed E-state index contributed by atoms with van der Waals surface area (Å²) in [5.41, 5.74) is 1.27. The van der Waals surface area contributed by atoms with Gasteiger partial charge >= 0.3 is 0 Å². The fourth-order valence-electron chi connectivity index (χ4n) is 2.22. The molecule has 0 bridgehead atoms. The number of rotatable bonds is 4. The number of nitrogens with one attached hydrogen (secondary N) is 2. The Bertz CT molecular complexity index is 391. The van der Waals surface area contributed by atoms with Crippen LogP contribution in [0.4, 0.5) is 0 Å². The van der Waals surface area contributed by atoms with Gasteiger partial charge in [-0.1, -0.05) is 23.7 Å². The fraction of sp³-hybridized carbons (Fsp3) is 0.500. The smallest absolute Gasteiger partial charge is 0.221 e. The number of amides is 1. The minimum Gasteiger partial charge on any atom is -0.356 e. The van der Waals surface area contributed by atoms with Crippen molar-refractivity contribution in [2.24, 2.45) is 0 Å². The zero-order valence-electron chi connectivity index (χ0n) is 10.4. The van der Waals surface area contributed by atoms with Crippen LogP contribution in [0, 0.1) is 0 Å². The van der Waals surface area contributed by atoms with Crippen LogP contribution < -0.4 is 10.6 Å². The van der Waals surface area contributed by atoms with Gasteiger partial charge in [0.1, 0.15) is 0 Å². The molecule has 4 heteroatoms. The molecule has 1 unspecified atom stereocenters. The van der Waals surface area contributed by atoms with E-state index < -0.39 is 0 Å². The molecular formula is C14H19ClN2O. The Hall–Kier alpha value is -1.06. The lowest BCUT2D eigenvalue weighted by Gasteiger charge is -2.14. The Morgan fingerprint density at radius 1 is 1.33 bits per heavy atom. The summed E-state index contributed by atoms with van der Waals surface area (Å²) in [6.45, 7) is 1.72. The summed E-state index contributed by atoms with van der Waals surface area (Å²) < 4.78 is 0. The Balaban J connectivity index is 1.74. The molecule has 1 heterocycles. The van der Waals surface area contributed by atoms with Crippen molar-refractivity contribution >= 4 is 17.5 Å². The highest BCUT2D eigenvalue weighted by atomic mass is 35.5. The van der Waals surface area contributed by atoms with E-state index in [2.05, 4.69) is 10.6 Å². The minimum atomic E-state index is 0.163. The van der Waals surface area contributed by atoms with E-state index in [1.54, 1.807) is 0 Å². The molecule has 1 aliphatic rings. The second-order valence-corrected chi connectivity index (χ2v) is 5.16. The maximum Gasteiger partial charge on any atom is 0.221 e. The predicted molar refractivity (Wildman–Crippen MR) is 73.8 cm³/mol. The van der Waals surface area contributed by atoms with E-state index in [0.717, 1.165) is 37.4 Å². The van der Waals surface area contributed by atoms with Crippen LogP contribution in [0.15, 0.2) is 24.3 Å². The van der Waals surface area contributed by atoms with Crippen LogP contribution in [0.2, 0.25) is 5.02 Å². The average molecular weight is 267 g/mol. The average Bonchev–Trinajstić information content (AvgIpc) is 2.56. The van der Waals surface area contributed by atoms with Crippen molar-refractivity contribution in [3.05, 3.63) is 34.9 Å². The summed E-state index contributed by atoms with van der Waals surface area (Å²) >= 11 is 5.84. The summed E-state index contributed by atoms with van der Waals surface area (Å²) in [4.78, 5) is 11.4. The van der Waals surface area contributed by atoms with E-state index in [1.807, 2.05) is 24.3 Å². The van der Waals surface area contributed by atoms with Crippen LogP contribution in [0.3, 0.4) is 0 Å². The van der Waals surface area contributed by atoms with Gasteiger partial charge in [-0.2, -0.15) is 0 Å². The zero-order valence-corrected chi connectivity index (χ0v) is 11.2. The molecule has 1 aliphatic heterocycles. The second-order valence-electron chi connectivity index (χ2n) is 4.72. The fourth-order valence-corrected chi connectivity index (χ4v) is 2.35. The number of carbonyl (C=O) groups is 1. The molecule has 3 nitrogen and oxygen atoms in total. The molecule has 2 N–H and O–H groups in total. The molecule has 1 atom stereocenters. The van der Waals surface area contributed by atoms with Crippen molar-refractivity contribution < 1.29 is 4.79 Å². The molecule has 1 saturated heterocycles. The zero-order chi connectivity index (χ0) is 12.8. The number of hydrogen-bond donors (Lipinski definition) is 2. The second kappa shape index (κ2) is 6.76. The molecule has 0 aromatic heterocycles. The van der Waals surface area contributed by atoms with Gasteiger partial charge in [0.25, 0.3) is 0 Å². The third kappa shape index (κ3) is 4.31. The molecule has 0 aliphatic carbocycles. The Kier molecular flexibility index (Phi) is 5.02. The van der Waals surface area contributed by atoms with Crippen LogP contribution in [0.5, 0.6) is 0 Å². The molecule has 1 aromatic carbocycles. The lowest BCUT2D eigenvalue weighted by molar-refractivity contribution is -0.121. The first-order valence-corrected chi connectivity index (χ1v) is 6.86. The van der Waals surface area contributed by atoms with Crippen molar-refractivity contribution in [3.63, 3.8) is 0 Å². The first-order valence-electron chi connectivity index (χ1n) is 6.48. The van der Waals surface area contributed by atoms with Gasteiger partial charge in [0.05, 0.1) is 0 Å². The molecule has 98 valence electrons.